The fraction of sp³-hybridized carbons (Fsp3) is 0.150. The second kappa shape index (κ2) is 7.85. The SMILES string of the molecule is CCOC(=O)c1ccc(N2C(=O)/C(=C\c3ccc(C)cc3)SC2=S)cc1. The highest BCUT2D eigenvalue weighted by molar-refractivity contribution is 8.27. The van der Waals surface area contributed by atoms with Crippen LogP contribution in [-0.2, 0) is 9.53 Å². The van der Waals surface area contributed by atoms with Crippen LogP contribution in [0.25, 0.3) is 6.08 Å². The number of esters is 1. The molecule has 0 atom stereocenters. The van der Waals surface area contributed by atoms with Crippen molar-refractivity contribution in [2.45, 2.75) is 13.8 Å². The van der Waals surface area contributed by atoms with Crippen molar-refractivity contribution < 1.29 is 14.3 Å². The summed E-state index contributed by atoms with van der Waals surface area (Å²) in [5, 5.41) is 0. The number of hydrogen-bond acceptors (Lipinski definition) is 5. The molecule has 1 amide bonds. The topological polar surface area (TPSA) is 46.6 Å². The molecule has 0 radical (unpaired) electrons. The Hall–Kier alpha value is -2.44. The smallest absolute Gasteiger partial charge is 0.338 e. The summed E-state index contributed by atoms with van der Waals surface area (Å²) < 4.78 is 5.44. The van der Waals surface area contributed by atoms with Crippen LogP contribution in [0.2, 0.25) is 0 Å². The molecule has 1 heterocycles. The Morgan fingerprint density at radius 1 is 1.15 bits per heavy atom. The highest BCUT2D eigenvalue weighted by Gasteiger charge is 2.33. The third-order valence-corrected chi connectivity index (χ3v) is 5.11. The minimum atomic E-state index is -0.385. The predicted octanol–water partition coefficient (Wildman–Crippen LogP) is 4.58. The summed E-state index contributed by atoms with van der Waals surface area (Å²) in [5.41, 5.74) is 3.19. The van der Waals surface area contributed by atoms with E-state index in [1.165, 1.54) is 16.7 Å². The molecule has 1 saturated heterocycles. The average molecular weight is 383 g/mol. The van der Waals surface area contributed by atoms with Crippen molar-refractivity contribution >= 4 is 51.9 Å². The van der Waals surface area contributed by atoms with Crippen LogP contribution in [0, 0.1) is 6.92 Å². The molecule has 1 aliphatic heterocycles. The predicted molar refractivity (Wildman–Crippen MR) is 109 cm³/mol. The maximum Gasteiger partial charge on any atom is 0.338 e. The van der Waals surface area contributed by atoms with E-state index in [1.807, 2.05) is 37.3 Å². The first-order chi connectivity index (χ1) is 12.5. The maximum atomic E-state index is 12.8. The molecular formula is C20H17NO3S2. The van der Waals surface area contributed by atoms with E-state index < -0.39 is 0 Å². The van der Waals surface area contributed by atoms with Crippen LogP contribution in [0.1, 0.15) is 28.4 Å². The van der Waals surface area contributed by atoms with E-state index in [1.54, 1.807) is 31.2 Å². The highest BCUT2D eigenvalue weighted by atomic mass is 32.2. The van der Waals surface area contributed by atoms with Gasteiger partial charge in [0.05, 0.1) is 22.8 Å². The van der Waals surface area contributed by atoms with Gasteiger partial charge in [0.2, 0.25) is 0 Å². The number of anilines is 1. The van der Waals surface area contributed by atoms with Crippen LogP contribution in [0.5, 0.6) is 0 Å². The molecule has 4 nitrogen and oxygen atoms in total. The van der Waals surface area contributed by atoms with Gasteiger partial charge in [0.1, 0.15) is 0 Å². The van der Waals surface area contributed by atoms with Gasteiger partial charge in [-0.25, -0.2) is 4.79 Å². The Balaban J connectivity index is 1.83. The van der Waals surface area contributed by atoms with Gasteiger partial charge in [0, 0.05) is 0 Å². The lowest BCUT2D eigenvalue weighted by molar-refractivity contribution is -0.113. The largest absolute Gasteiger partial charge is 0.462 e. The first-order valence-corrected chi connectivity index (χ1v) is 9.34. The number of benzene rings is 2. The van der Waals surface area contributed by atoms with Gasteiger partial charge in [-0.05, 0) is 49.8 Å². The van der Waals surface area contributed by atoms with E-state index in [0.717, 1.165) is 11.1 Å². The first kappa shape index (κ1) is 18.4. The van der Waals surface area contributed by atoms with E-state index in [4.69, 9.17) is 17.0 Å². The number of rotatable bonds is 4. The number of carbonyl (C=O) groups is 2. The van der Waals surface area contributed by atoms with Crippen molar-refractivity contribution in [1.29, 1.82) is 0 Å². The zero-order valence-electron chi connectivity index (χ0n) is 14.4. The molecule has 2 aromatic carbocycles. The standard InChI is InChI=1S/C20H17NO3S2/c1-3-24-19(23)15-8-10-16(11-9-15)21-18(22)17(26-20(21)25)12-14-6-4-13(2)5-7-14/h4-12H,3H2,1-2H3/b17-12+. The summed E-state index contributed by atoms with van der Waals surface area (Å²) in [6.07, 6.45) is 1.84. The summed E-state index contributed by atoms with van der Waals surface area (Å²) in [5.74, 6) is -0.548. The molecule has 0 aromatic heterocycles. The molecule has 1 aliphatic rings. The second-order valence-corrected chi connectivity index (χ2v) is 7.37. The van der Waals surface area contributed by atoms with E-state index in [9.17, 15) is 9.59 Å². The fourth-order valence-electron chi connectivity index (χ4n) is 2.47. The Morgan fingerprint density at radius 2 is 1.81 bits per heavy atom. The molecule has 0 spiro atoms. The van der Waals surface area contributed by atoms with Gasteiger partial charge in [-0.1, -0.05) is 53.8 Å². The van der Waals surface area contributed by atoms with Crippen LogP contribution >= 0.6 is 24.0 Å². The van der Waals surface area contributed by atoms with Crippen LogP contribution in [0.3, 0.4) is 0 Å². The zero-order chi connectivity index (χ0) is 18.7. The van der Waals surface area contributed by atoms with Crippen LogP contribution < -0.4 is 4.90 Å². The molecule has 1 fully saturated rings. The lowest BCUT2D eigenvalue weighted by atomic mass is 10.1. The quantitative estimate of drug-likeness (QED) is 0.439. The summed E-state index contributed by atoms with van der Waals surface area (Å²) >= 11 is 6.65. The first-order valence-electron chi connectivity index (χ1n) is 8.11. The molecular weight excluding hydrogens is 366 g/mol. The number of ether oxygens (including phenoxy) is 1. The lowest BCUT2D eigenvalue weighted by Crippen LogP contribution is -2.27. The number of carbonyl (C=O) groups excluding carboxylic acids is 2. The Bertz CT molecular complexity index is 886. The van der Waals surface area contributed by atoms with Crippen molar-refractivity contribution in [3.63, 3.8) is 0 Å². The second-order valence-electron chi connectivity index (χ2n) is 5.70. The van der Waals surface area contributed by atoms with Crippen LogP contribution in [0.15, 0.2) is 53.4 Å². The Kier molecular flexibility index (Phi) is 5.54. The number of hydrogen-bond donors (Lipinski definition) is 0. The maximum absolute atomic E-state index is 12.8. The molecule has 3 rings (SSSR count). The monoisotopic (exact) mass is 383 g/mol. The third kappa shape index (κ3) is 3.86. The van der Waals surface area contributed by atoms with Gasteiger partial charge in [-0.3, -0.25) is 9.69 Å². The van der Waals surface area contributed by atoms with Crippen molar-refractivity contribution in [2.75, 3.05) is 11.5 Å². The minimum absolute atomic E-state index is 0.163. The van der Waals surface area contributed by atoms with Crippen molar-refractivity contribution in [3.05, 3.63) is 70.1 Å². The van der Waals surface area contributed by atoms with E-state index in [2.05, 4.69) is 0 Å². The van der Waals surface area contributed by atoms with Gasteiger partial charge in [0.15, 0.2) is 4.32 Å². The Labute approximate surface area is 161 Å². The van der Waals surface area contributed by atoms with Gasteiger partial charge in [-0.2, -0.15) is 0 Å². The normalized spacial score (nSPS) is 15.6. The molecule has 132 valence electrons. The Morgan fingerprint density at radius 3 is 2.42 bits per heavy atom. The van der Waals surface area contributed by atoms with Gasteiger partial charge >= 0.3 is 5.97 Å². The minimum Gasteiger partial charge on any atom is -0.462 e. The van der Waals surface area contributed by atoms with Crippen molar-refractivity contribution in [1.82, 2.24) is 0 Å². The van der Waals surface area contributed by atoms with Crippen molar-refractivity contribution in [3.8, 4) is 0 Å². The van der Waals surface area contributed by atoms with Gasteiger partial charge in [0.25, 0.3) is 5.91 Å². The molecule has 6 heteroatoms. The van der Waals surface area contributed by atoms with E-state index >= 15 is 0 Å². The average Bonchev–Trinajstić information content (AvgIpc) is 2.91. The molecule has 0 aliphatic carbocycles. The number of nitrogens with zero attached hydrogens (tertiary/aromatic N) is 1. The molecule has 0 N–H and O–H groups in total. The fourth-order valence-corrected chi connectivity index (χ4v) is 3.76. The summed E-state index contributed by atoms with van der Waals surface area (Å²) in [6, 6.07) is 14.6. The number of thioether (sulfide) groups is 1. The molecule has 2 aromatic rings. The lowest BCUT2D eigenvalue weighted by Gasteiger charge is -2.14. The summed E-state index contributed by atoms with van der Waals surface area (Å²) in [6.45, 7) is 4.09. The van der Waals surface area contributed by atoms with Crippen molar-refractivity contribution in [2.24, 2.45) is 0 Å². The number of thiocarbonyl (C=S) groups is 1. The zero-order valence-corrected chi connectivity index (χ0v) is 16.0. The van der Waals surface area contributed by atoms with Gasteiger partial charge < -0.3 is 4.74 Å². The summed E-state index contributed by atoms with van der Waals surface area (Å²) in [7, 11) is 0. The molecule has 0 bridgehead atoms. The summed E-state index contributed by atoms with van der Waals surface area (Å²) in [4.78, 5) is 26.6. The van der Waals surface area contributed by atoms with E-state index in [0.29, 0.717) is 27.1 Å². The molecule has 0 saturated carbocycles. The van der Waals surface area contributed by atoms with Crippen LogP contribution in [0.4, 0.5) is 5.69 Å². The van der Waals surface area contributed by atoms with E-state index in [-0.39, 0.29) is 11.9 Å². The number of aryl methyl sites for hydroxylation is 1. The molecule has 0 unspecified atom stereocenters. The number of amides is 1. The van der Waals surface area contributed by atoms with Crippen LogP contribution in [-0.4, -0.2) is 22.8 Å². The third-order valence-electron chi connectivity index (χ3n) is 3.81. The molecule has 26 heavy (non-hydrogen) atoms. The van der Waals surface area contributed by atoms with Gasteiger partial charge in [-0.15, -0.1) is 0 Å². The highest BCUT2D eigenvalue weighted by Crippen LogP contribution is 2.36.